The number of hydrogen-bond acceptors (Lipinski definition) is 4. The summed E-state index contributed by atoms with van der Waals surface area (Å²) in [4.78, 5) is 29.8. The second-order valence-electron chi connectivity index (χ2n) is 9.70. The van der Waals surface area contributed by atoms with Crippen molar-refractivity contribution in [2.45, 2.75) is 83.4 Å². The van der Waals surface area contributed by atoms with E-state index in [-0.39, 0.29) is 17.9 Å². The highest BCUT2D eigenvalue weighted by atomic mass is 16.5. The van der Waals surface area contributed by atoms with Crippen LogP contribution in [-0.2, 0) is 14.3 Å². The summed E-state index contributed by atoms with van der Waals surface area (Å²) in [5, 5.41) is 3.17. The summed E-state index contributed by atoms with van der Waals surface area (Å²) >= 11 is 0. The van der Waals surface area contributed by atoms with Gasteiger partial charge in [0.1, 0.15) is 0 Å². The van der Waals surface area contributed by atoms with Gasteiger partial charge < -0.3 is 15.0 Å². The lowest BCUT2D eigenvalue weighted by atomic mass is 9.84. The van der Waals surface area contributed by atoms with Gasteiger partial charge in [0.25, 0.3) is 0 Å². The summed E-state index contributed by atoms with van der Waals surface area (Å²) in [5.41, 5.74) is 0. The highest BCUT2D eigenvalue weighted by Crippen LogP contribution is 2.43. The van der Waals surface area contributed by atoms with Crippen molar-refractivity contribution in [1.82, 2.24) is 15.1 Å². The summed E-state index contributed by atoms with van der Waals surface area (Å²) in [6.07, 6.45) is 8.64. The molecule has 2 amide bonds. The molecule has 2 saturated carbocycles. The van der Waals surface area contributed by atoms with E-state index in [4.69, 9.17) is 4.74 Å². The standard InChI is InChI=1S/C23H39N3O3/c1-3-25(4-2)22(28)12-20-23-17(11-21(27)24-18-9-10-18)14-26(19(23)15-29-20)13-16-7-5-6-8-16/h16-20,23H,3-15H2,1-2H3,(H,24,27)/t17-,19-,20+,23-/m1/s1. The lowest BCUT2D eigenvalue weighted by Gasteiger charge is -2.26. The molecule has 4 rings (SSSR count). The number of rotatable bonds is 9. The van der Waals surface area contributed by atoms with Crippen LogP contribution in [0.25, 0.3) is 0 Å². The first-order valence-corrected chi connectivity index (χ1v) is 12.0. The van der Waals surface area contributed by atoms with Gasteiger partial charge in [-0.05, 0) is 51.4 Å². The number of carbonyl (C=O) groups is 2. The molecule has 6 heteroatoms. The predicted octanol–water partition coefficient (Wildman–Crippen LogP) is 2.42. The van der Waals surface area contributed by atoms with Crippen LogP contribution in [0.4, 0.5) is 0 Å². The molecule has 29 heavy (non-hydrogen) atoms. The first-order chi connectivity index (χ1) is 14.1. The van der Waals surface area contributed by atoms with E-state index in [2.05, 4.69) is 10.2 Å². The Bertz CT molecular complexity index is 584. The van der Waals surface area contributed by atoms with Gasteiger partial charge in [0.05, 0.1) is 19.1 Å². The molecule has 2 heterocycles. The van der Waals surface area contributed by atoms with Gasteiger partial charge in [-0.1, -0.05) is 12.8 Å². The van der Waals surface area contributed by atoms with Crippen molar-refractivity contribution in [3.8, 4) is 0 Å². The van der Waals surface area contributed by atoms with Crippen LogP contribution in [0.5, 0.6) is 0 Å². The van der Waals surface area contributed by atoms with Crippen molar-refractivity contribution in [3.05, 3.63) is 0 Å². The monoisotopic (exact) mass is 405 g/mol. The predicted molar refractivity (Wildman–Crippen MR) is 112 cm³/mol. The molecule has 4 aliphatic rings. The Morgan fingerprint density at radius 2 is 1.79 bits per heavy atom. The average molecular weight is 406 g/mol. The van der Waals surface area contributed by atoms with Crippen LogP contribution in [0.3, 0.4) is 0 Å². The van der Waals surface area contributed by atoms with E-state index in [0.717, 1.165) is 44.9 Å². The number of ether oxygens (including phenoxy) is 1. The molecule has 164 valence electrons. The van der Waals surface area contributed by atoms with Gasteiger partial charge in [-0.3, -0.25) is 14.5 Å². The first-order valence-electron chi connectivity index (χ1n) is 12.0. The van der Waals surface area contributed by atoms with Crippen LogP contribution < -0.4 is 5.32 Å². The third-order valence-corrected chi connectivity index (χ3v) is 7.69. The molecule has 0 aromatic rings. The van der Waals surface area contributed by atoms with E-state index < -0.39 is 0 Å². The third-order valence-electron chi connectivity index (χ3n) is 7.69. The highest BCUT2D eigenvalue weighted by Gasteiger charge is 2.51. The van der Waals surface area contributed by atoms with E-state index in [0.29, 0.717) is 43.4 Å². The molecule has 0 radical (unpaired) electrons. The van der Waals surface area contributed by atoms with Crippen LogP contribution in [0.15, 0.2) is 0 Å². The quantitative estimate of drug-likeness (QED) is 0.640. The zero-order valence-corrected chi connectivity index (χ0v) is 18.3. The topological polar surface area (TPSA) is 61.9 Å². The highest BCUT2D eigenvalue weighted by molar-refractivity contribution is 5.77. The lowest BCUT2D eigenvalue weighted by molar-refractivity contribution is -0.133. The fraction of sp³-hybridized carbons (Fsp3) is 0.913. The second-order valence-corrected chi connectivity index (χ2v) is 9.70. The minimum Gasteiger partial charge on any atom is -0.376 e. The molecule has 0 aromatic carbocycles. The molecule has 2 aliphatic carbocycles. The Kier molecular flexibility index (Phi) is 6.80. The third kappa shape index (κ3) is 4.96. The molecule has 0 spiro atoms. The Morgan fingerprint density at radius 1 is 1.07 bits per heavy atom. The fourth-order valence-corrected chi connectivity index (χ4v) is 5.98. The van der Waals surface area contributed by atoms with Crippen molar-refractivity contribution in [3.63, 3.8) is 0 Å². The molecule has 0 aromatic heterocycles. The summed E-state index contributed by atoms with van der Waals surface area (Å²) in [5.74, 6) is 1.79. The van der Waals surface area contributed by atoms with Gasteiger partial charge in [-0.2, -0.15) is 0 Å². The second kappa shape index (κ2) is 9.34. The van der Waals surface area contributed by atoms with Gasteiger partial charge in [-0.25, -0.2) is 0 Å². The van der Waals surface area contributed by atoms with Gasteiger partial charge in [-0.15, -0.1) is 0 Å². The average Bonchev–Trinajstić information content (AvgIpc) is 3.08. The van der Waals surface area contributed by atoms with E-state index in [1.54, 1.807) is 0 Å². The maximum Gasteiger partial charge on any atom is 0.225 e. The van der Waals surface area contributed by atoms with E-state index >= 15 is 0 Å². The van der Waals surface area contributed by atoms with E-state index in [1.807, 2.05) is 18.7 Å². The minimum atomic E-state index is -0.0413. The van der Waals surface area contributed by atoms with E-state index in [9.17, 15) is 9.59 Å². The molecular weight excluding hydrogens is 366 g/mol. The van der Waals surface area contributed by atoms with Crippen LogP contribution in [0.2, 0.25) is 0 Å². The van der Waals surface area contributed by atoms with Crippen molar-refractivity contribution in [2.75, 3.05) is 32.8 Å². The summed E-state index contributed by atoms with van der Waals surface area (Å²) in [7, 11) is 0. The van der Waals surface area contributed by atoms with E-state index in [1.165, 1.54) is 25.7 Å². The fourth-order valence-electron chi connectivity index (χ4n) is 5.98. The Hall–Kier alpha value is -1.14. The smallest absolute Gasteiger partial charge is 0.225 e. The number of hydrogen-bond donors (Lipinski definition) is 1. The number of nitrogens with zero attached hydrogens (tertiary/aromatic N) is 2. The minimum absolute atomic E-state index is 0.0413. The number of nitrogens with one attached hydrogen (secondary N) is 1. The number of fused-ring (bicyclic) bond motifs is 1. The van der Waals surface area contributed by atoms with Gasteiger partial charge >= 0.3 is 0 Å². The van der Waals surface area contributed by atoms with Crippen molar-refractivity contribution < 1.29 is 14.3 Å². The summed E-state index contributed by atoms with van der Waals surface area (Å²) in [6.45, 7) is 8.40. The molecule has 6 nitrogen and oxygen atoms in total. The first kappa shape index (κ1) is 21.1. The molecule has 1 N–H and O–H groups in total. The van der Waals surface area contributed by atoms with Crippen LogP contribution in [0, 0.1) is 17.8 Å². The molecule has 4 fully saturated rings. The van der Waals surface area contributed by atoms with Crippen molar-refractivity contribution in [1.29, 1.82) is 0 Å². The van der Waals surface area contributed by atoms with Crippen LogP contribution >= 0.6 is 0 Å². The normalized spacial score (nSPS) is 32.5. The summed E-state index contributed by atoms with van der Waals surface area (Å²) < 4.78 is 6.21. The van der Waals surface area contributed by atoms with Gasteiger partial charge in [0, 0.05) is 50.6 Å². The van der Waals surface area contributed by atoms with Crippen LogP contribution in [0.1, 0.15) is 65.2 Å². The molecule has 2 aliphatic heterocycles. The van der Waals surface area contributed by atoms with Crippen molar-refractivity contribution >= 4 is 11.8 Å². The maximum atomic E-state index is 12.7. The summed E-state index contributed by atoms with van der Waals surface area (Å²) in [6, 6.07) is 0.790. The lowest BCUT2D eigenvalue weighted by Crippen LogP contribution is -2.38. The largest absolute Gasteiger partial charge is 0.376 e. The van der Waals surface area contributed by atoms with Gasteiger partial charge in [0.15, 0.2) is 0 Å². The molecule has 0 unspecified atom stereocenters. The van der Waals surface area contributed by atoms with Crippen molar-refractivity contribution in [2.24, 2.45) is 17.8 Å². The Labute approximate surface area is 175 Å². The molecule has 4 atom stereocenters. The van der Waals surface area contributed by atoms with Gasteiger partial charge in [0.2, 0.25) is 11.8 Å². The zero-order valence-electron chi connectivity index (χ0n) is 18.3. The zero-order chi connectivity index (χ0) is 20.4. The Morgan fingerprint density at radius 3 is 2.45 bits per heavy atom. The SMILES string of the molecule is CCN(CC)C(=O)C[C@@H]1OC[C@@H]2[C@H]1[C@H](CC(=O)NC1CC1)CN2CC1CCCC1. The maximum absolute atomic E-state index is 12.7. The van der Waals surface area contributed by atoms with Crippen LogP contribution in [-0.4, -0.2) is 72.6 Å². The molecular formula is C23H39N3O3. The molecule has 2 saturated heterocycles. The Balaban J connectivity index is 1.42. The molecule has 0 bridgehead atoms. The number of likely N-dealkylation sites (tertiary alicyclic amines) is 1. The number of amides is 2. The number of carbonyl (C=O) groups excluding carboxylic acids is 2.